The predicted octanol–water partition coefficient (Wildman–Crippen LogP) is 3.02. The molecule has 3 atom stereocenters. The topological polar surface area (TPSA) is 29.1 Å². The van der Waals surface area contributed by atoms with Crippen LogP contribution in [0.25, 0.3) is 0 Å². The second-order valence-electron chi connectivity index (χ2n) is 6.85. The molecule has 1 N–H and O–H groups in total. The molecule has 0 saturated heterocycles. The normalized spacial score (nSPS) is 43.2. The lowest BCUT2D eigenvalue weighted by Gasteiger charge is -2.53. The molecule has 2 aliphatic carbocycles. The SMILES string of the molecule is CN[C@H](C(C)=O)C12CC(C)CC(CC(C)C1)C2. The van der Waals surface area contributed by atoms with Crippen LogP contribution in [-0.2, 0) is 4.79 Å². The first-order chi connectivity index (χ1) is 7.97. The van der Waals surface area contributed by atoms with E-state index < -0.39 is 0 Å². The third-order valence-electron chi connectivity index (χ3n) is 4.98. The number of likely N-dealkylation sites (N-methyl/N-ethyl adjacent to an activating group) is 1. The minimum absolute atomic E-state index is 0.0792. The Morgan fingerprint density at radius 3 is 2.12 bits per heavy atom. The highest BCUT2D eigenvalue weighted by Crippen LogP contribution is 2.54. The fraction of sp³-hybridized carbons (Fsp3) is 0.933. The summed E-state index contributed by atoms with van der Waals surface area (Å²) in [5, 5.41) is 3.31. The van der Waals surface area contributed by atoms with Crippen molar-refractivity contribution < 1.29 is 4.79 Å². The van der Waals surface area contributed by atoms with Crippen molar-refractivity contribution in [1.29, 1.82) is 0 Å². The summed E-state index contributed by atoms with van der Waals surface area (Å²) in [4.78, 5) is 11.9. The summed E-state index contributed by atoms with van der Waals surface area (Å²) in [6.07, 6.45) is 6.49. The second-order valence-corrected chi connectivity index (χ2v) is 6.85. The van der Waals surface area contributed by atoms with E-state index in [2.05, 4.69) is 19.2 Å². The zero-order valence-corrected chi connectivity index (χ0v) is 11.8. The lowest BCUT2D eigenvalue weighted by atomic mass is 9.53. The first kappa shape index (κ1) is 13.1. The Labute approximate surface area is 106 Å². The molecule has 0 radical (unpaired) electrons. The van der Waals surface area contributed by atoms with Crippen LogP contribution in [0.4, 0.5) is 0 Å². The highest BCUT2D eigenvalue weighted by Gasteiger charge is 2.49. The van der Waals surface area contributed by atoms with Gasteiger partial charge in [-0.15, -0.1) is 0 Å². The number of hydrogen-bond acceptors (Lipinski definition) is 2. The first-order valence-corrected chi connectivity index (χ1v) is 7.14. The van der Waals surface area contributed by atoms with E-state index in [4.69, 9.17) is 0 Å². The second kappa shape index (κ2) is 4.72. The van der Waals surface area contributed by atoms with Crippen LogP contribution in [0, 0.1) is 23.2 Å². The molecule has 0 aliphatic heterocycles. The molecular weight excluding hydrogens is 210 g/mol. The van der Waals surface area contributed by atoms with E-state index in [0.717, 1.165) is 17.8 Å². The molecule has 2 heteroatoms. The van der Waals surface area contributed by atoms with Crippen molar-refractivity contribution in [3.63, 3.8) is 0 Å². The molecule has 2 nitrogen and oxygen atoms in total. The lowest BCUT2D eigenvalue weighted by molar-refractivity contribution is -0.126. The molecule has 2 rings (SSSR count). The highest BCUT2D eigenvalue weighted by atomic mass is 16.1. The van der Waals surface area contributed by atoms with Gasteiger partial charge < -0.3 is 5.32 Å². The van der Waals surface area contributed by atoms with Gasteiger partial charge in [-0.2, -0.15) is 0 Å². The summed E-state index contributed by atoms with van der Waals surface area (Å²) in [6, 6.07) is 0.0792. The molecule has 0 aromatic heterocycles. The van der Waals surface area contributed by atoms with Gasteiger partial charge in [-0.3, -0.25) is 4.79 Å². The summed E-state index contributed by atoms with van der Waals surface area (Å²) in [6.45, 7) is 6.48. The van der Waals surface area contributed by atoms with Crippen molar-refractivity contribution in [3.8, 4) is 0 Å². The number of fused-ring (bicyclic) bond motifs is 2. The van der Waals surface area contributed by atoms with Crippen molar-refractivity contribution in [2.45, 2.75) is 58.9 Å². The molecule has 98 valence electrons. The number of carbonyl (C=O) groups is 1. The highest BCUT2D eigenvalue weighted by molar-refractivity contribution is 5.82. The number of Topliss-reactive ketones (excluding diaryl/α,β-unsaturated/α-hetero) is 1. The number of rotatable bonds is 3. The standard InChI is InChI=1S/C15H27NO/c1-10-5-13-6-11(2)8-15(7-10,9-13)14(16-4)12(3)17/h10-11,13-14,16H,5-9H2,1-4H3/t10?,11?,13?,14-,15?/m1/s1. The Balaban J connectivity index is 2.27. The van der Waals surface area contributed by atoms with Crippen molar-refractivity contribution in [2.24, 2.45) is 23.2 Å². The molecule has 2 aliphatic rings. The summed E-state index contributed by atoms with van der Waals surface area (Å²) < 4.78 is 0. The summed E-state index contributed by atoms with van der Waals surface area (Å²) in [5.41, 5.74) is 0.251. The van der Waals surface area contributed by atoms with Crippen LogP contribution >= 0.6 is 0 Å². The maximum absolute atomic E-state index is 11.9. The van der Waals surface area contributed by atoms with E-state index in [1.54, 1.807) is 6.92 Å². The molecule has 2 fully saturated rings. The van der Waals surface area contributed by atoms with Crippen LogP contribution in [0.2, 0.25) is 0 Å². The van der Waals surface area contributed by atoms with Crippen LogP contribution in [0.5, 0.6) is 0 Å². The Morgan fingerprint density at radius 1 is 1.18 bits per heavy atom. The quantitative estimate of drug-likeness (QED) is 0.817. The van der Waals surface area contributed by atoms with Gasteiger partial charge >= 0.3 is 0 Å². The number of nitrogens with one attached hydrogen (secondary N) is 1. The van der Waals surface area contributed by atoms with Crippen molar-refractivity contribution >= 4 is 5.78 Å². The molecule has 0 aromatic carbocycles. The molecule has 2 unspecified atom stereocenters. The fourth-order valence-electron chi connectivity index (χ4n) is 5.07. The van der Waals surface area contributed by atoms with Gasteiger partial charge in [0.2, 0.25) is 0 Å². The zero-order valence-electron chi connectivity index (χ0n) is 11.8. The number of carbonyl (C=O) groups excluding carboxylic acids is 1. The van der Waals surface area contributed by atoms with Crippen molar-refractivity contribution in [1.82, 2.24) is 5.32 Å². The Morgan fingerprint density at radius 2 is 1.71 bits per heavy atom. The monoisotopic (exact) mass is 237 g/mol. The van der Waals surface area contributed by atoms with Crippen LogP contribution < -0.4 is 5.32 Å². The van der Waals surface area contributed by atoms with Gasteiger partial charge in [0.05, 0.1) is 6.04 Å². The van der Waals surface area contributed by atoms with Crippen molar-refractivity contribution in [2.75, 3.05) is 7.05 Å². The van der Waals surface area contributed by atoms with Gasteiger partial charge in [-0.1, -0.05) is 13.8 Å². The number of ketones is 1. The molecule has 2 bridgehead atoms. The predicted molar refractivity (Wildman–Crippen MR) is 70.9 cm³/mol. The van der Waals surface area contributed by atoms with Crippen LogP contribution in [0.3, 0.4) is 0 Å². The molecule has 0 amide bonds. The molecular formula is C15H27NO. The average Bonchev–Trinajstić information content (AvgIpc) is 2.13. The first-order valence-electron chi connectivity index (χ1n) is 7.14. The Kier molecular flexibility index (Phi) is 3.63. The number of hydrogen-bond donors (Lipinski definition) is 1. The maximum atomic E-state index is 11.9. The van der Waals surface area contributed by atoms with Crippen LogP contribution in [0.1, 0.15) is 52.9 Å². The van der Waals surface area contributed by atoms with E-state index in [1.807, 2.05) is 7.05 Å². The third kappa shape index (κ3) is 2.42. The smallest absolute Gasteiger partial charge is 0.147 e. The van der Waals surface area contributed by atoms with Gasteiger partial charge in [-0.25, -0.2) is 0 Å². The summed E-state index contributed by atoms with van der Waals surface area (Å²) in [5.74, 6) is 2.76. The maximum Gasteiger partial charge on any atom is 0.147 e. The summed E-state index contributed by atoms with van der Waals surface area (Å²) >= 11 is 0. The van der Waals surface area contributed by atoms with Gasteiger partial charge in [-0.05, 0) is 69.2 Å². The Hall–Kier alpha value is -0.370. The summed E-state index contributed by atoms with van der Waals surface area (Å²) in [7, 11) is 1.95. The van der Waals surface area contributed by atoms with E-state index in [0.29, 0.717) is 5.78 Å². The lowest BCUT2D eigenvalue weighted by Crippen LogP contribution is -2.54. The minimum atomic E-state index is 0.0792. The van der Waals surface area contributed by atoms with Gasteiger partial charge in [0.25, 0.3) is 0 Å². The van der Waals surface area contributed by atoms with Crippen LogP contribution in [0.15, 0.2) is 0 Å². The third-order valence-corrected chi connectivity index (χ3v) is 4.98. The molecule has 17 heavy (non-hydrogen) atoms. The molecule has 0 aromatic rings. The Bertz CT molecular complexity index is 280. The van der Waals surface area contributed by atoms with E-state index in [-0.39, 0.29) is 11.5 Å². The average molecular weight is 237 g/mol. The van der Waals surface area contributed by atoms with E-state index >= 15 is 0 Å². The molecule has 0 spiro atoms. The van der Waals surface area contributed by atoms with Gasteiger partial charge in [0, 0.05) is 0 Å². The van der Waals surface area contributed by atoms with Gasteiger partial charge in [0.1, 0.15) is 5.78 Å². The minimum Gasteiger partial charge on any atom is -0.310 e. The zero-order chi connectivity index (χ0) is 12.6. The van der Waals surface area contributed by atoms with Crippen molar-refractivity contribution in [3.05, 3.63) is 0 Å². The van der Waals surface area contributed by atoms with E-state index in [9.17, 15) is 4.79 Å². The molecule has 2 saturated carbocycles. The van der Waals surface area contributed by atoms with Gasteiger partial charge in [0.15, 0.2) is 0 Å². The van der Waals surface area contributed by atoms with Crippen LogP contribution in [-0.4, -0.2) is 18.9 Å². The fourth-order valence-corrected chi connectivity index (χ4v) is 5.07. The largest absolute Gasteiger partial charge is 0.310 e. The van der Waals surface area contributed by atoms with E-state index in [1.165, 1.54) is 32.1 Å². The molecule has 0 heterocycles.